The van der Waals surface area contributed by atoms with Crippen molar-refractivity contribution in [2.45, 2.75) is 6.92 Å². The third-order valence-electron chi connectivity index (χ3n) is 5.45. The topological polar surface area (TPSA) is 72.0 Å². The molecule has 0 N–H and O–H groups in total. The third kappa shape index (κ3) is 5.46. The number of nitrogens with zero attached hydrogens (tertiary/aromatic N) is 3. The minimum Gasteiger partial charge on any atom is -0.497 e. The average molecular weight is 486 g/mol. The van der Waals surface area contributed by atoms with Crippen molar-refractivity contribution in [1.29, 1.82) is 0 Å². The van der Waals surface area contributed by atoms with Crippen LogP contribution in [0.5, 0.6) is 5.75 Å². The molecule has 9 heteroatoms. The molecule has 172 valence electrons. The Morgan fingerprint density at radius 1 is 1.09 bits per heavy atom. The molecule has 0 spiro atoms. The van der Waals surface area contributed by atoms with E-state index in [1.54, 1.807) is 31.1 Å². The highest BCUT2D eigenvalue weighted by molar-refractivity contribution is 7.17. The van der Waals surface area contributed by atoms with E-state index >= 15 is 0 Å². The summed E-state index contributed by atoms with van der Waals surface area (Å²) in [5.41, 5.74) is 2.49. The number of piperazine rings is 1. The zero-order valence-electron chi connectivity index (χ0n) is 18.4. The fourth-order valence-corrected chi connectivity index (χ4v) is 4.77. The van der Waals surface area contributed by atoms with E-state index < -0.39 is 5.97 Å². The van der Waals surface area contributed by atoms with E-state index in [1.807, 2.05) is 36.4 Å². The number of halogens is 1. The van der Waals surface area contributed by atoms with Crippen molar-refractivity contribution in [2.75, 3.05) is 44.8 Å². The lowest BCUT2D eigenvalue weighted by molar-refractivity contribution is -0.134. The van der Waals surface area contributed by atoms with Gasteiger partial charge in [0.15, 0.2) is 6.61 Å². The smallest absolute Gasteiger partial charge is 0.350 e. The first-order valence-corrected chi connectivity index (χ1v) is 11.7. The number of esters is 1. The van der Waals surface area contributed by atoms with Gasteiger partial charge in [-0.15, -0.1) is 11.3 Å². The lowest BCUT2D eigenvalue weighted by Crippen LogP contribution is -2.49. The van der Waals surface area contributed by atoms with E-state index in [0.29, 0.717) is 46.8 Å². The average Bonchev–Trinajstić information content (AvgIpc) is 3.24. The number of hydrogen-bond donors (Lipinski definition) is 0. The Labute approximate surface area is 201 Å². The van der Waals surface area contributed by atoms with Gasteiger partial charge in [-0.25, -0.2) is 9.78 Å². The fourth-order valence-electron chi connectivity index (χ4n) is 3.62. The molecule has 2 aromatic carbocycles. The van der Waals surface area contributed by atoms with Gasteiger partial charge in [-0.3, -0.25) is 4.79 Å². The molecule has 1 aliphatic heterocycles. The van der Waals surface area contributed by atoms with E-state index in [2.05, 4.69) is 9.88 Å². The van der Waals surface area contributed by atoms with E-state index in [9.17, 15) is 9.59 Å². The normalized spacial score (nSPS) is 13.7. The monoisotopic (exact) mass is 485 g/mol. The number of amides is 1. The summed E-state index contributed by atoms with van der Waals surface area (Å²) in [6.45, 7) is 4.03. The Bertz CT molecular complexity index is 1140. The maximum atomic E-state index is 12.6. The molecule has 33 heavy (non-hydrogen) atoms. The molecule has 1 fully saturated rings. The summed E-state index contributed by atoms with van der Waals surface area (Å²) < 4.78 is 10.5. The predicted molar refractivity (Wildman–Crippen MR) is 129 cm³/mol. The summed E-state index contributed by atoms with van der Waals surface area (Å²) in [4.78, 5) is 34.0. The number of carbonyl (C=O) groups excluding carboxylic acids is 2. The number of methoxy groups -OCH3 is 1. The lowest BCUT2D eigenvalue weighted by atomic mass is 10.2. The van der Waals surface area contributed by atoms with Crippen molar-refractivity contribution in [1.82, 2.24) is 9.88 Å². The minimum absolute atomic E-state index is 0.199. The maximum absolute atomic E-state index is 12.6. The van der Waals surface area contributed by atoms with E-state index in [4.69, 9.17) is 21.1 Å². The lowest BCUT2D eigenvalue weighted by Gasteiger charge is -2.36. The third-order valence-corrected chi connectivity index (χ3v) is 6.87. The number of aromatic nitrogens is 1. The molecule has 1 amide bonds. The van der Waals surface area contributed by atoms with Crippen LogP contribution in [-0.2, 0) is 9.53 Å². The van der Waals surface area contributed by atoms with Crippen LogP contribution < -0.4 is 9.64 Å². The Hall–Kier alpha value is -3.10. The number of thiazole rings is 1. The summed E-state index contributed by atoms with van der Waals surface area (Å²) in [6.07, 6.45) is 0. The van der Waals surface area contributed by atoms with Gasteiger partial charge in [-0.1, -0.05) is 23.7 Å². The second-order valence-corrected chi connectivity index (χ2v) is 9.02. The van der Waals surface area contributed by atoms with Gasteiger partial charge in [0.05, 0.1) is 12.8 Å². The molecule has 4 rings (SSSR count). The molecule has 1 saturated heterocycles. The second kappa shape index (κ2) is 10.2. The summed E-state index contributed by atoms with van der Waals surface area (Å²) in [7, 11) is 1.64. The fraction of sp³-hybridized carbons (Fsp3) is 0.292. The van der Waals surface area contributed by atoms with Crippen LogP contribution in [0.4, 0.5) is 5.69 Å². The van der Waals surface area contributed by atoms with Crippen molar-refractivity contribution in [3.8, 4) is 16.3 Å². The SMILES string of the molecule is COc1ccc(N2CCN(C(=O)COC(=O)c3sc(-c4cccc(Cl)c4)nc3C)CC2)cc1. The molecular formula is C24H24ClN3O4S. The first-order valence-electron chi connectivity index (χ1n) is 10.5. The van der Waals surface area contributed by atoms with Gasteiger partial charge < -0.3 is 19.3 Å². The van der Waals surface area contributed by atoms with Crippen LogP contribution in [-0.4, -0.2) is 61.7 Å². The van der Waals surface area contributed by atoms with E-state index in [-0.39, 0.29) is 12.5 Å². The minimum atomic E-state index is -0.538. The molecular weight excluding hydrogens is 462 g/mol. The van der Waals surface area contributed by atoms with Gasteiger partial charge in [0.25, 0.3) is 5.91 Å². The van der Waals surface area contributed by atoms with E-state index in [0.717, 1.165) is 17.0 Å². The molecule has 7 nitrogen and oxygen atoms in total. The molecule has 1 aliphatic rings. The highest BCUT2D eigenvalue weighted by Crippen LogP contribution is 2.30. The molecule has 0 radical (unpaired) electrons. The Morgan fingerprint density at radius 2 is 1.82 bits per heavy atom. The molecule has 0 atom stereocenters. The number of rotatable bonds is 6. The summed E-state index contributed by atoms with van der Waals surface area (Å²) in [5, 5.41) is 1.28. The van der Waals surface area contributed by atoms with Gasteiger partial charge >= 0.3 is 5.97 Å². The standard InChI is InChI=1S/C24H24ClN3O4S/c1-16-22(33-23(26-16)17-4-3-5-18(25)14-17)24(30)32-15-21(29)28-12-10-27(11-13-28)19-6-8-20(31-2)9-7-19/h3-9,14H,10-13,15H2,1-2H3. The number of anilines is 1. The summed E-state index contributed by atoms with van der Waals surface area (Å²) >= 11 is 7.29. The van der Waals surface area contributed by atoms with Gasteiger partial charge in [0.2, 0.25) is 0 Å². The Morgan fingerprint density at radius 3 is 2.48 bits per heavy atom. The number of hydrogen-bond acceptors (Lipinski definition) is 7. The van der Waals surface area contributed by atoms with Crippen LogP contribution in [0.2, 0.25) is 5.02 Å². The molecule has 0 saturated carbocycles. The zero-order valence-corrected chi connectivity index (χ0v) is 20.0. The van der Waals surface area contributed by atoms with Crippen molar-refractivity contribution >= 4 is 40.5 Å². The summed E-state index contributed by atoms with van der Waals surface area (Å²) in [5.74, 6) is 0.0729. The van der Waals surface area contributed by atoms with Crippen LogP contribution in [0.15, 0.2) is 48.5 Å². The highest BCUT2D eigenvalue weighted by atomic mass is 35.5. The number of aryl methyl sites for hydroxylation is 1. The van der Waals surface area contributed by atoms with Gasteiger partial charge in [-0.05, 0) is 43.3 Å². The first-order chi connectivity index (χ1) is 15.9. The Kier molecular flexibility index (Phi) is 7.15. The second-order valence-electron chi connectivity index (χ2n) is 7.59. The molecule has 0 unspecified atom stereocenters. The maximum Gasteiger partial charge on any atom is 0.350 e. The molecule has 0 aliphatic carbocycles. The van der Waals surface area contributed by atoms with Crippen molar-refractivity contribution in [3.05, 3.63) is 64.1 Å². The highest BCUT2D eigenvalue weighted by Gasteiger charge is 2.24. The van der Waals surface area contributed by atoms with Crippen molar-refractivity contribution in [3.63, 3.8) is 0 Å². The molecule has 2 heterocycles. The molecule has 3 aromatic rings. The zero-order chi connectivity index (χ0) is 23.4. The molecule has 0 bridgehead atoms. The molecule has 1 aromatic heterocycles. The van der Waals surface area contributed by atoms with Gasteiger partial charge in [0, 0.05) is 42.5 Å². The van der Waals surface area contributed by atoms with Crippen molar-refractivity contribution in [2.24, 2.45) is 0 Å². The number of carbonyl (C=O) groups is 2. The van der Waals surface area contributed by atoms with Crippen LogP contribution in [0, 0.1) is 6.92 Å². The first kappa shape index (κ1) is 23.1. The number of benzene rings is 2. The largest absolute Gasteiger partial charge is 0.497 e. The van der Waals surface area contributed by atoms with Crippen LogP contribution in [0.25, 0.3) is 10.6 Å². The van der Waals surface area contributed by atoms with Crippen LogP contribution in [0.1, 0.15) is 15.4 Å². The van der Waals surface area contributed by atoms with Gasteiger partial charge in [-0.2, -0.15) is 0 Å². The quantitative estimate of drug-likeness (QED) is 0.485. The van der Waals surface area contributed by atoms with E-state index in [1.165, 1.54) is 11.3 Å². The van der Waals surface area contributed by atoms with Crippen LogP contribution in [0.3, 0.4) is 0 Å². The summed E-state index contributed by atoms with van der Waals surface area (Å²) in [6, 6.07) is 15.2. The van der Waals surface area contributed by atoms with Crippen LogP contribution >= 0.6 is 22.9 Å². The van der Waals surface area contributed by atoms with Gasteiger partial charge in [0.1, 0.15) is 15.6 Å². The predicted octanol–water partition coefficient (Wildman–Crippen LogP) is 4.29. The Balaban J connectivity index is 1.30. The van der Waals surface area contributed by atoms with Crippen molar-refractivity contribution < 1.29 is 19.1 Å². The number of ether oxygens (including phenoxy) is 2.